The van der Waals surface area contributed by atoms with E-state index in [2.05, 4.69) is 0 Å². The molecule has 0 aliphatic carbocycles. The van der Waals surface area contributed by atoms with Gasteiger partial charge in [0, 0.05) is 5.02 Å². The first kappa shape index (κ1) is 25.9. The van der Waals surface area contributed by atoms with Crippen molar-refractivity contribution in [1.82, 2.24) is 0 Å². The number of hydrogen-bond donors (Lipinski definition) is 3. The number of Topliss-reactive ketones (excluding diaryl/α,β-unsaturated/α-hetero) is 1. The summed E-state index contributed by atoms with van der Waals surface area (Å²) < 4.78 is 11.0. The van der Waals surface area contributed by atoms with Crippen molar-refractivity contribution in [2.75, 3.05) is 18.6 Å². The molecule has 1 aliphatic rings. The molecule has 1 atom stereocenters. The third kappa shape index (κ3) is 4.56. The molecule has 1 heterocycles. The van der Waals surface area contributed by atoms with Crippen molar-refractivity contribution in [3.05, 3.63) is 81.4 Å². The predicted molar refractivity (Wildman–Crippen MR) is 140 cm³/mol. The van der Waals surface area contributed by atoms with Crippen molar-refractivity contribution < 1.29 is 34.4 Å². The average molecular weight is 524 g/mol. The highest BCUT2D eigenvalue weighted by atomic mass is 35.5. The summed E-state index contributed by atoms with van der Waals surface area (Å²) >= 11 is 6.16. The Balaban J connectivity index is 2.06. The first-order valence-corrected chi connectivity index (χ1v) is 11.9. The molecule has 0 bridgehead atoms. The van der Waals surface area contributed by atoms with Crippen LogP contribution in [0.15, 0.2) is 54.1 Å². The van der Waals surface area contributed by atoms with Crippen LogP contribution in [0.3, 0.4) is 0 Å². The Bertz CT molecular complexity index is 1450. The number of aliphatic hydroxyl groups is 1. The summed E-state index contributed by atoms with van der Waals surface area (Å²) in [5.41, 5.74) is 1.89. The van der Waals surface area contributed by atoms with Crippen LogP contribution in [0.4, 0.5) is 5.69 Å². The number of benzene rings is 3. The van der Waals surface area contributed by atoms with Crippen molar-refractivity contribution >= 4 is 34.7 Å². The summed E-state index contributed by atoms with van der Waals surface area (Å²) in [6.45, 7) is 5.63. The zero-order valence-corrected chi connectivity index (χ0v) is 21.5. The number of ether oxygens (including phenoxy) is 2. The fraction of sp³-hybridized carbons (Fsp3) is 0.214. The fourth-order valence-corrected chi connectivity index (χ4v) is 4.77. The molecule has 1 amide bonds. The Morgan fingerprint density at radius 2 is 1.73 bits per heavy atom. The minimum absolute atomic E-state index is 0.0166. The van der Waals surface area contributed by atoms with Gasteiger partial charge in [0.2, 0.25) is 0 Å². The standard InChI is InChI=1S/C28H26ClNO7/c1-5-37-22-12-16(6-8-21(22)32)24-23(25(33)18-11-14(2)10-15(3)27(18)36-4)26(34)28(35)30(24)19-13-17(29)7-9-20(19)31/h6-13,24,31-33H,5H2,1-4H3/b25-23+. The van der Waals surface area contributed by atoms with E-state index in [0.29, 0.717) is 11.3 Å². The summed E-state index contributed by atoms with van der Waals surface area (Å²) in [5, 5.41) is 32.6. The number of aliphatic hydroxyl groups excluding tert-OH is 1. The van der Waals surface area contributed by atoms with E-state index in [1.807, 2.05) is 13.0 Å². The van der Waals surface area contributed by atoms with E-state index < -0.39 is 23.5 Å². The van der Waals surface area contributed by atoms with Gasteiger partial charge >= 0.3 is 0 Å². The summed E-state index contributed by atoms with van der Waals surface area (Å²) in [7, 11) is 1.45. The van der Waals surface area contributed by atoms with E-state index in [9.17, 15) is 24.9 Å². The Morgan fingerprint density at radius 1 is 1.03 bits per heavy atom. The molecule has 0 saturated carbocycles. The van der Waals surface area contributed by atoms with Crippen LogP contribution in [0.1, 0.15) is 35.2 Å². The second kappa shape index (κ2) is 10.1. The number of ketones is 1. The van der Waals surface area contributed by atoms with Gasteiger partial charge in [-0.15, -0.1) is 0 Å². The monoisotopic (exact) mass is 523 g/mol. The molecule has 192 valence electrons. The second-order valence-electron chi connectivity index (χ2n) is 8.62. The topological polar surface area (TPSA) is 117 Å². The third-order valence-corrected chi connectivity index (χ3v) is 6.35. The van der Waals surface area contributed by atoms with Crippen molar-refractivity contribution in [3.8, 4) is 23.0 Å². The number of rotatable bonds is 6. The summed E-state index contributed by atoms with van der Waals surface area (Å²) in [5.74, 6) is -2.33. The Hall–Kier alpha value is -4.17. The number of hydrogen-bond acceptors (Lipinski definition) is 7. The number of phenols is 2. The first-order chi connectivity index (χ1) is 17.6. The largest absolute Gasteiger partial charge is 0.507 e. The zero-order valence-electron chi connectivity index (χ0n) is 20.7. The number of carbonyl (C=O) groups excluding carboxylic acids is 2. The van der Waals surface area contributed by atoms with Gasteiger partial charge in [0.25, 0.3) is 11.7 Å². The van der Waals surface area contributed by atoms with Crippen molar-refractivity contribution in [3.63, 3.8) is 0 Å². The van der Waals surface area contributed by atoms with Crippen LogP contribution >= 0.6 is 11.6 Å². The summed E-state index contributed by atoms with van der Waals surface area (Å²) in [6, 6.07) is 10.8. The second-order valence-corrected chi connectivity index (χ2v) is 9.06. The number of halogens is 1. The SMILES string of the molecule is CCOc1cc(C2/C(=C(\O)c3cc(C)cc(C)c3OC)C(=O)C(=O)N2c2cc(Cl)ccc2O)ccc1O. The van der Waals surface area contributed by atoms with Gasteiger partial charge in [0.15, 0.2) is 11.5 Å². The molecule has 3 aromatic carbocycles. The fourth-order valence-electron chi connectivity index (χ4n) is 4.60. The van der Waals surface area contributed by atoms with Crippen molar-refractivity contribution in [1.29, 1.82) is 0 Å². The van der Waals surface area contributed by atoms with Gasteiger partial charge in [-0.3, -0.25) is 14.5 Å². The van der Waals surface area contributed by atoms with E-state index >= 15 is 0 Å². The van der Waals surface area contributed by atoms with Crippen LogP contribution < -0.4 is 14.4 Å². The molecule has 0 radical (unpaired) electrons. The quantitative estimate of drug-likeness (QED) is 0.225. The minimum atomic E-state index is -1.19. The lowest BCUT2D eigenvalue weighted by Gasteiger charge is -2.27. The Morgan fingerprint density at radius 3 is 2.41 bits per heavy atom. The number of amides is 1. The molecular weight excluding hydrogens is 498 g/mol. The van der Waals surface area contributed by atoms with Gasteiger partial charge in [-0.05, 0) is 73.9 Å². The summed E-state index contributed by atoms with van der Waals surface area (Å²) in [4.78, 5) is 28.0. The minimum Gasteiger partial charge on any atom is -0.507 e. The zero-order chi connectivity index (χ0) is 27.0. The normalized spacial score (nSPS) is 16.8. The van der Waals surface area contributed by atoms with E-state index in [0.717, 1.165) is 16.0 Å². The summed E-state index contributed by atoms with van der Waals surface area (Å²) in [6.07, 6.45) is 0. The lowest BCUT2D eigenvalue weighted by atomic mass is 9.93. The van der Waals surface area contributed by atoms with Crippen molar-refractivity contribution in [2.45, 2.75) is 26.8 Å². The molecule has 0 spiro atoms. The van der Waals surface area contributed by atoms with Crippen LogP contribution in [-0.4, -0.2) is 40.7 Å². The smallest absolute Gasteiger partial charge is 0.300 e. The number of aryl methyl sites for hydroxylation is 2. The maximum atomic E-state index is 13.5. The lowest BCUT2D eigenvalue weighted by molar-refractivity contribution is -0.132. The van der Waals surface area contributed by atoms with Crippen LogP contribution in [0.25, 0.3) is 5.76 Å². The number of phenolic OH excluding ortho intramolecular Hbond substituents is 2. The number of anilines is 1. The first-order valence-electron chi connectivity index (χ1n) is 11.5. The van der Waals surface area contributed by atoms with Gasteiger partial charge in [-0.25, -0.2) is 0 Å². The molecule has 3 aromatic rings. The maximum Gasteiger partial charge on any atom is 0.300 e. The molecule has 1 aliphatic heterocycles. The van der Waals surface area contributed by atoms with E-state index in [-0.39, 0.29) is 45.7 Å². The lowest BCUT2D eigenvalue weighted by Crippen LogP contribution is -2.29. The van der Waals surface area contributed by atoms with Crippen LogP contribution in [0.2, 0.25) is 5.02 Å². The van der Waals surface area contributed by atoms with E-state index in [1.165, 1.54) is 43.5 Å². The number of aromatic hydroxyl groups is 2. The van der Waals surface area contributed by atoms with Gasteiger partial charge in [-0.2, -0.15) is 0 Å². The van der Waals surface area contributed by atoms with Gasteiger partial charge in [0.05, 0.1) is 36.6 Å². The highest BCUT2D eigenvalue weighted by Gasteiger charge is 2.48. The van der Waals surface area contributed by atoms with Gasteiger partial charge in [0.1, 0.15) is 17.3 Å². The van der Waals surface area contributed by atoms with Crippen LogP contribution in [0, 0.1) is 13.8 Å². The van der Waals surface area contributed by atoms with Crippen molar-refractivity contribution in [2.24, 2.45) is 0 Å². The molecule has 1 saturated heterocycles. The van der Waals surface area contributed by atoms with E-state index in [1.54, 1.807) is 19.9 Å². The molecule has 9 heteroatoms. The highest BCUT2D eigenvalue weighted by molar-refractivity contribution is 6.52. The van der Waals surface area contributed by atoms with Gasteiger partial charge in [-0.1, -0.05) is 23.7 Å². The molecule has 4 rings (SSSR count). The Kier molecular flexibility index (Phi) is 7.05. The molecule has 0 aromatic heterocycles. The molecule has 1 unspecified atom stereocenters. The van der Waals surface area contributed by atoms with Crippen LogP contribution in [0.5, 0.6) is 23.0 Å². The molecule has 37 heavy (non-hydrogen) atoms. The molecule has 1 fully saturated rings. The number of methoxy groups -OCH3 is 1. The number of carbonyl (C=O) groups is 2. The molecule has 3 N–H and O–H groups in total. The molecule has 8 nitrogen and oxygen atoms in total. The Labute approximate surface area is 218 Å². The molecular formula is C28H26ClNO7. The van der Waals surface area contributed by atoms with E-state index in [4.69, 9.17) is 21.1 Å². The number of nitrogens with zero attached hydrogens (tertiary/aromatic N) is 1. The maximum absolute atomic E-state index is 13.5. The third-order valence-electron chi connectivity index (χ3n) is 6.12. The highest BCUT2D eigenvalue weighted by Crippen LogP contribution is 2.47. The predicted octanol–water partition coefficient (Wildman–Crippen LogP) is 5.40. The van der Waals surface area contributed by atoms with Crippen LogP contribution in [-0.2, 0) is 9.59 Å². The average Bonchev–Trinajstić information content (AvgIpc) is 3.11. The van der Waals surface area contributed by atoms with Gasteiger partial charge < -0.3 is 24.8 Å².